The van der Waals surface area contributed by atoms with E-state index in [1.807, 2.05) is 0 Å². The van der Waals surface area contributed by atoms with E-state index in [-0.39, 0.29) is 0 Å². The van der Waals surface area contributed by atoms with E-state index in [9.17, 15) is 5.11 Å². The number of aromatic nitrogens is 3. The maximum atomic E-state index is 9.81. The first-order chi connectivity index (χ1) is 9.98. The molecule has 0 saturated carbocycles. The molecule has 7 nitrogen and oxygen atoms in total. The Bertz CT molecular complexity index is 453. The highest BCUT2D eigenvalue weighted by Crippen LogP contribution is 2.19. The number of hydrogen-bond acceptors (Lipinski definition) is 7. The zero-order valence-corrected chi connectivity index (χ0v) is 13.2. The van der Waals surface area contributed by atoms with Crippen molar-refractivity contribution in [3.63, 3.8) is 0 Å². The third-order valence-electron chi connectivity index (χ3n) is 3.22. The maximum Gasteiger partial charge on any atom is 0.231 e. The number of nitrogens with one attached hydrogen (secondary N) is 2. The van der Waals surface area contributed by atoms with Crippen molar-refractivity contribution < 1.29 is 5.11 Å². The van der Waals surface area contributed by atoms with E-state index in [1.165, 1.54) is 12.8 Å². The molecule has 0 aliphatic carbocycles. The van der Waals surface area contributed by atoms with E-state index in [0.717, 1.165) is 26.1 Å². The van der Waals surface area contributed by atoms with E-state index in [4.69, 9.17) is 0 Å². The first-order valence-electron chi connectivity index (χ1n) is 7.69. The van der Waals surface area contributed by atoms with Crippen LogP contribution in [0.1, 0.15) is 40.0 Å². The van der Waals surface area contributed by atoms with Crippen LogP contribution >= 0.6 is 0 Å². The lowest BCUT2D eigenvalue weighted by Crippen LogP contribution is -2.30. The third-order valence-corrected chi connectivity index (χ3v) is 3.22. The van der Waals surface area contributed by atoms with Gasteiger partial charge in [0.15, 0.2) is 0 Å². The molecule has 21 heavy (non-hydrogen) atoms. The SMILES string of the molecule is CCCNc1nc(NCC(C)(C)O)nc(N2CCCC2)n1. The van der Waals surface area contributed by atoms with Crippen LogP contribution in [0.3, 0.4) is 0 Å². The molecule has 1 fully saturated rings. The molecule has 3 N–H and O–H groups in total. The molecule has 0 amide bonds. The molecule has 0 aromatic carbocycles. The second-order valence-electron chi connectivity index (χ2n) is 6.07. The Balaban J connectivity index is 2.15. The highest BCUT2D eigenvalue weighted by Gasteiger charge is 2.18. The van der Waals surface area contributed by atoms with E-state index in [0.29, 0.717) is 24.4 Å². The van der Waals surface area contributed by atoms with Crippen LogP contribution in [0.15, 0.2) is 0 Å². The van der Waals surface area contributed by atoms with Gasteiger partial charge in [-0.25, -0.2) is 0 Å². The summed E-state index contributed by atoms with van der Waals surface area (Å²) in [7, 11) is 0. The van der Waals surface area contributed by atoms with Gasteiger partial charge in [0.2, 0.25) is 17.8 Å². The molecule has 2 heterocycles. The lowest BCUT2D eigenvalue weighted by Gasteiger charge is -2.20. The first kappa shape index (κ1) is 15.8. The van der Waals surface area contributed by atoms with Gasteiger partial charge in [-0.2, -0.15) is 15.0 Å². The van der Waals surface area contributed by atoms with Gasteiger partial charge in [-0.15, -0.1) is 0 Å². The second-order valence-corrected chi connectivity index (χ2v) is 6.07. The molecule has 118 valence electrons. The Labute approximate surface area is 126 Å². The number of nitrogens with zero attached hydrogens (tertiary/aromatic N) is 4. The highest BCUT2D eigenvalue weighted by atomic mass is 16.3. The summed E-state index contributed by atoms with van der Waals surface area (Å²) in [4.78, 5) is 15.5. The first-order valence-corrected chi connectivity index (χ1v) is 7.69. The van der Waals surface area contributed by atoms with Crippen molar-refractivity contribution in [3.8, 4) is 0 Å². The van der Waals surface area contributed by atoms with Gasteiger partial charge in [-0.3, -0.25) is 0 Å². The van der Waals surface area contributed by atoms with Gasteiger partial charge in [0, 0.05) is 26.2 Å². The molecular formula is C14H26N6O. The minimum Gasteiger partial charge on any atom is -0.389 e. The van der Waals surface area contributed by atoms with Crippen LogP contribution in [0.25, 0.3) is 0 Å². The van der Waals surface area contributed by atoms with Crippen LogP contribution in [0.2, 0.25) is 0 Å². The van der Waals surface area contributed by atoms with Gasteiger partial charge in [0.25, 0.3) is 0 Å². The Kier molecular flexibility index (Phi) is 5.17. The zero-order valence-electron chi connectivity index (χ0n) is 13.2. The Hall–Kier alpha value is -1.63. The molecule has 0 bridgehead atoms. The normalized spacial score (nSPS) is 15.3. The van der Waals surface area contributed by atoms with Crippen molar-refractivity contribution in [1.82, 2.24) is 15.0 Å². The molecule has 0 atom stereocenters. The number of aliphatic hydroxyl groups is 1. The Morgan fingerprint density at radius 1 is 1.10 bits per heavy atom. The lowest BCUT2D eigenvalue weighted by atomic mass is 10.1. The van der Waals surface area contributed by atoms with Crippen LogP contribution in [-0.4, -0.2) is 51.8 Å². The average Bonchev–Trinajstić information content (AvgIpc) is 2.96. The molecular weight excluding hydrogens is 268 g/mol. The van der Waals surface area contributed by atoms with Gasteiger partial charge >= 0.3 is 0 Å². The monoisotopic (exact) mass is 294 g/mol. The summed E-state index contributed by atoms with van der Waals surface area (Å²) >= 11 is 0. The minimum atomic E-state index is -0.808. The molecule has 2 rings (SSSR count). The van der Waals surface area contributed by atoms with Crippen molar-refractivity contribution in [2.45, 2.75) is 45.6 Å². The Morgan fingerprint density at radius 2 is 1.71 bits per heavy atom. The fourth-order valence-electron chi connectivity index (χ4n) is 2.11. The zero-order chi connectivity index (χ0) is 15.3. The van der Waals surface area contributed by atoms with Crippen molar-refractivity contribution in [3.05, 3.63) is 0 Å². The van der Waals surface area contributed by atoms with E-state index in [2.05, 4.69) is 37.4 Å². The summed E-state index contributed by atoms with van der Waals surface area (Å²) in [6.07, 6.45) is 3.36. The molecule has 0 spiro atoms. The van der Waals surface area contributed by atoms with Crippen LogP contribution in [0.5, 0.6) is 0 Å². The predicted octanol–water partition coefficient (Wildman–Crippen LogP) is 1.48. The quantitative estimate of drug-likeness (QED) is 0.702. The van der Waals surface area contributed by atoms with E-state index < -0.39 is 5.60 Å². The van der Waals surface area contributed by atoms with Crippen molar-refractivity contribution in [2.24, 2.45) is 0 Å². The molecule has 1 aliphatic rings. The largest absolute Gasteiger partial charge is 0.389 e. The van der Waals surface area contributed by atoms with Gasteiger partial charge in [-0.1, -0.05) is 6.92 Å². The highest BCUT2D eigenvalue weighted by molar-refractivity contribution is 5.44. The predicted molar refractivity (Wildman–Crippen MR) is 84.8 cm³/mol. The Morgan fingerprint density at radius 3 is 2.29 bits per heavy atom. The average molecular weight is 294 g/mol. The van der Waals surface area contributed by atoms with Crippen molar-refractivity contribution in [2.75, 3.05) is 41.7 Å². The minimum absolute atomic E-state index is 0.393. The fourth-order valence-corrected chi connectivity index (χ4v) is 2.11. The van der Waals surface area contributed by atoms with Gasteiger partial charge in [0.05, 0.1) is 5.60 Å². The summed E-state index contributed by atoms with van der Waals surface area (Å²) in [5.74, 6) is 1.80. The standard InChI is InChI=1S/C14H26N6O/c1-4-7-15-11-17-12(16-10-14(2,3)21)19-13(18-11)20-8-5-6-9-20/h21H,4-10H2,1-3H3,(H2,15,16,17,18,19). The molecule has 0 radical (unpaired) electrons. The van der Waals surface area contributed by atoms with Crippen LogP contribution in [-0.2, 0) is 0 Å². The second kappa shape index (κ2) is 6.89. The molecule has 0 unspecified atom stereocenters. The molecule has 1 saturated heterocycles. The maximum absolute atomic E-state index is 9.81. The number of anilines is 3. The topological polar surface area (TPSA) is 86.2 Å². The fraction of sp³-hybridized carbons (Fsp3) is 0.786. The van der Waals surface area contributed by atoms with Crippen LogP contribution < -0.4 is 15.5 Å². The summed E-state index contributed by atoms with van der Waals surface area (Å²) in [6.45, 7) is 8.79. The summed E-state index contributed by atoms with van der Waals surface area (Å²) < 4.78 is 0. The van der Waals surface area contributed by atoms with Gasteiger partial charge < -0.3 is 20.6 Å². The van der Waals surface area contributed by atoms with Crippen LogP contribution in [0, 0.1) is 0 Å². The number of hydrogen-bond donors (Lipinski definition) is 3. The van der Waals surface area contributed by atoms with Crippen molar-refractivity contribution in [1.29, 1.82) is 0 Å². The van der Waals surface area contributed by atoms with E-state index in [1.54, 1.807) is 13.8 Å². The molecule has 1 aromatic rings. The van der Waals surface area contributed by atoms with E-state index >= 15 is 0 Å². The van der Waals surface area contributed by atoms with Gasteiger partial charge in [0.1, 0.15) is 0 Å². The lowest BCUT2D eigenvalue weighted by molar-refractivity contribution is 0.0943. The molecule has 7 heteroatoms. The van der Waals surface area contributed by atoms with Crippen molar-refractivity contribution >= 4 is 17.8 Å². The molecule has 1 aromatic heterocycles. The smallest absolute Gasteiger partial charge is 0.231 e. The summed E-state index contributed by atoms with van der Waals surface area (Å²) in [6, 6.07) is 0. The summed E-state index contributed by atoms with van der Waals surface area (Å²) in [5, 5.41) is 16.1. The third kappa shape index (κ3) is 5.00. The van der Waals surface area contributed by atoms with Gasteiger partial charge in [-0.05, 0) is 33.1 Å². The number of rotatable bonds is 7. The summed E-state index contributed by atoms with van der Waals surface area (Å²) in [5.41, 5.74) is -0.808. The molecule has 1 aliphatic heterocycles. The van der Waals surface area contributed by atoms with Crippen LogP contribution in [0.4, 0.5) is 17.8 Å².